The lowest BCUT2D eigenvalue weighted by atomic mass is 10.0. The largest absolute Gasteiger partial charge is 0.373 e. The fourth-order valence-corrected chi connectivity index (χ4v) is 2.72. The van der Waals surface area contributed by atoms with Crippen LogP contribution in [0.15, 0.2) is 0 Å². The monoisotopic (exact) mass is 240 g/mol. The Bertz CT molecular complexity index is 232. The highest BCUT2D eigenvalue weighted by Gasteiger charge is 2.29. The normalized spacial score (nSPS) is 34.6. The van der Waals surface area contributed by atoms with Crippen LogP contribution in [0.25, 0.3) is 0 Å². The molecule has 1 N–H and O–H groups in total. The summed E-state index contributed by atoms with van der Waals surface area (Å²) in [5.41, 5.74) is 0. The van der Waals surface area contributed by atoms with Crippen molar-refractivity contribution < 1.29 is 4.74 Å². The minimum absolute atomic E-state index is 0.379. The molecule has 1 aliphatic heterocycles. The quantitative estimate of drug-likeness (QED) is 0.794. The van der Waals surface area contributed by atoms with Crippen LogP contribution in [0.5, 0.6) is 0 Å². The summed E-state index contributed by atoms with van der Waals surface area (Å²) in [6.45, 7) is 12.4. The lowest BCUT2D eigenvalue weighted by Crippen LogP contribution is -2.52. The van der Waals surface area contributed by atoms with Gasteiger partial charge in [-0.3, -0.25) is 4.90 Å². The highest BCUT2D eigenvalue weighted by molar-refractivity contribution is 4.85. The van der Waals surface area contributed by atoms with Gasteiger partial charge in [0.2, 0.25) is 0 Å². The predicted octanol–water partition coefficient (Wildman–Crippen LogP) is 1.87. The smallest absolute Gasteiger partial charge is 0.0678 e. The molecule has 2 aliphatic rings. The van der Waals surface area contributed by atoms with Crippen molar-refractivity contribution in [3.63, 3.8) is 0 Å². The van der Waals surface area contributed by atoms with Crippen molar-refractivity contribution in [1.29, 1.82) is 0 Å². The van der Waals surface area contributed by atoms with Crippen molar-refractivity contribution in [3.05, 3.63) is 0 Å². The Kier molecular flexibility index (Phi) is 4.45. The van der Waals surface area contributed by atoms with E-state index in [1.807, 2.05) is 0 Å². The first-order valence-corrected chi connectivity index (χ1v) is 7.19. The van der Waals surface area contributed by atoms with E-state index >= 15 is 0 Å². The summed E-state index contributed by atoms with van der Waals surface area (Å²) in [6.07, 6.45) is 3.52. The van der Waals surface area contributed by atoms with E-state index in [4.69, 9.17) is 4.74 Å². The van der Waals surface area contributed by atoms with Gasteiger partial charge in [0.15, 0.2) is 0 Å². The molecule has 1 heterocycles. The minimum Gasteiger partial charge on any atom is -0.373 e. The Morgan fingerprint density at radius 3 is 2.29 bits per heavy atom. The van der Waals surface area contributed by atoms with E-state index in [2.05, 4.69) is 37.9 Å². The zero-order valence-corrected chi connectivity index (χ0v) is 11.8. The number of nitrogens with zero attached hydrogens (tertiary/aromatic N) is 1. The van der Waals surface area contributed by atoms with Crippen LogP contribution in [-0.2, 0) is 4.74 Å². The number of rotatable bonds is 5. The van der Waals surface area contributed by atoms with Crippen molar-refractivity contribution in [2.45, 2.75) is 64.8 Å². The average Bonchev–Trinajstić information content (AvgIpc) is 3.07. The fraction of sp³-hybridized carbons (Fsp3) is 1.00. The van der Waals surface area contributed by atoms with Gasteiger partial charge in [-0.1, -0.05) is 6.92 Å². The first-order valence-electron chi connectivity index (χ1n) is 7.19. The van der Waals surface area contributed by atoms with Crippen molar-refractivity contribution in [3.8, 4) is 0 Å². The van der Waals surface area contributed by atoms with E-state index < -0.39 is 0 Å². The molecule has 4 atom stereocenters. The first kappa shape index (κ1) is 13.3. The molecule has 0 spiro atoms. The second-order valence-electron chi connectivity index (χ2n) is 6.11. The second kappa shape index (κ2) is 5.68. The summed E-state index contributed by atoms with van der Waals surface area (Å²) >= 11 is 0. The van der Waals surface area contributed by atoms with Gasteiger partial charge in [-0.2, -0.15) is 0 Å². The van der Waals surface area contributed by atoms with Crippen LogP contribution in [0.3, 0.4) is 0 Å². The number of hydrogen-bond donors (Lipinski definition) is 1. The van der Waals surface area contributed by atoms with Crippen LogP contribution in [-0.4, -0.2) is 48.8 Å². The molecule has 0 bridgehead atoms. The van der Waals surface area contributed by atoms with Crippen molar-refractivity contribution in [1.82, 2.24) is 10.2 Å². The lowest BCUT2D eigenvalue weighted by Gasteiger charge is -2.41. The first-order chi connectivity index (χ1) is 8.06. The van der Waals surface area contributed by atoms with E-state index in [9.17, 15) is 0 Å². The second-order valence-corrected chi connectivity index (χ2v) is 6.11. The fourth-order valence-electron chi connectivity index (χ4n) is 2.72. The maximum absolute atomic E-state index is 5.80. The number of morpholine rings is 1. The predicted molar refractivity (Wildman–Crippen MR) is 71.2 cm³/mol. The average molecular weight is 240 g/mol. The van der Waals surface area contributed by atoms with Gasteiger partial charge >= 0.3 is 0 Å². The highest BCUT2D eigenvalue weighted by atomic mass is 16.5. The van der Waals surface area contributed by atoms with Gasteiger partial charge < -0.3 is 10.1 Å². The molecular formula is C14H28N2O. The maximum atomic E-state index is 5.80. The third-order valence-corrected chi connectivity index (χ3v) is 4.15. The van der Waals surface area contributed by atoms with E-state index in [-0.39, 0.29) is 0 Å². The number of hydrogen-bond acceptors (Lipinski definition) is 3. The molecule has 1 saturated heterocycles. The topological polar surface area (TPSA) is 24.5 Å². The van der Waals surface area contributed by atoms with E-state index in [1.165, 1.54) is 12.8 Å². The molecule has 100 valence electrons. The molecule has 2 rings (SSSR count). The molecule has 3 heteroatoms. The zero-order valence-electron chi connectivity index (χ0n) is 11.8. The zero-order chi connectivity index (χ0) is 12.4. The molecule has 0 amide bonds. The van der Waals surface area contributed by atoms with Crippen molar-refractivity contribution in [2.24, 2.45) is 5.92 Å². The molecule has 1 aliphatic carbocycles. The van der Waals surface area contributed by atoms with Gasteiger partial charge in [0.25, 0.3) is 0 Å². The van der Waals surface area contributed by atoms with Crippen molar-refractivity contribution in [2.75, 3.05) is 19.6 Å². The van der Waals surface area contributed by atoms with Gasteiger partial charge in [-0.15, -0.1) is 0 Å². The van der Waals surface area contributed by atoms with Gasteiger partial charge in [0.05, 0.1) is 12.2 Å². The Morgan fingerprint density at radius 1 is 1.18 bits per heavy atom. The van der Waals surface area contributed by atoms with Crippen LogP contribution < -0.4 is 5.32 Å². The standard InChI is InChI=1S/C14H28N2O/c1-10(7-15-14-5-6-14)13(4)16-8-11(2)17-12(3)9-16/h10-15H,5-9H2,1-4H3. The van der Waals surface area contributed by atoms with Gasteiger partial charge in [-0.05, 0) is 46.1 Å². The van der Waals surface area contributed by atoms with E-state index in [0.29, 0.717) is 24.2 Å². The molecule has 0 aromatic rings. The molecule has 17 heavy (non-hydrogen) atoms. The molecule has 3 nitrogen and oxygen atoms in total. The van der Waals surface area contributed by atoms with Gasteiger partial charge in [-0.25, -0.2) is 0 Å². The molecule has 2 fully saturated rings. The summed E-state index contributed by atoms with van der Waals surface area (Å²) in [5, 5.41) is 3.64. The lowest BCUT2D eigenvalue weighted by molar-refractivity contribution is -0.0837. The minimum atomic E-state index is 0.379. The molecular weight excluding hydrogens is 212 g/mol. The van der Waals surface area contributed by atoms with Crippen LogP contribution in [0, 0.1) is 5.92 Å². The summed E-state index contributed by atoms with van der Waals surface area (Å²) < 4.78 is 5.80. The highest BCUT2D eigenvalue weighted by Crippen LogP contribution is 2.21. The van der Waals surface area contributed by atoms with Crippen LogP contribution in [0.2, 0.25) is 0 Å². The van der Waals surface area contributed by atoms with Crippen molar-refractivity contribution >= 4 is 0 Å². The third kappa shape index (κ3) is 3.94. The molecule has 1 saturated carbocycles. The van der Waals surface area contributed by atoms with Crippen LogP contribution in [0.4, 0.5) is 0 Å². The molecule has 0 aromatic carbocycles. The molecule has 4 unspecified atom stereocenters. The Labute approximate surface area is 106 Å². The SMILES string of the molecule is CC1CN(C(C)C(C)CNC2CC2)CC(C)O1. The summed E-state index contributed by atoms with van der Waals surface area (Å²) in [5.74, 6) is 0.716. The Morgan fingerprint density at radius 2 is 1.76 bits per heavy atom. The third-order valence-electron chi connectivity index (χ3n) is 4.15. The number of nitrogens with one attached hydrogen (secondary N) is 1. The van der Waals surface area contributed by atoms with Gasteiger partial charge in [0.1, 0.15) is 0 Å². The Hall–Kier alpha value is -0.120. The Balaban J connectivity index is 1.77. The summed E-state index contributed by atoms with van der Waals surface area (Å²) in [4.78, 5) is 2.60. The van der Waals surface area contributed by atoms with Crippen LogP contribution in [0.1, 0.15) is 40.5 Å². The summed E-state index contributed by atoms with van der Waals surface area (Å²) in [6, 6.07) is 1.47. The number of ether oxygens (including phenoxy) is 1. The van der Waals surface area contributed by atoms with Crippen LogP contribution >= 0.6 is 0 Å². The van der Waals surface area contributed by atoms with E-state index in [0.717, 1.165) is 25.7 Å². The summed E-state index contributed by atoms with van der Waals surface area (Å²) in [7, 11) is 0. The molecule has 0 radical (unpaired) electrons. The van der Waals surface area contributed by atoms with Gasteiger partial charge in [0, 0.05) is 25.2 Å². The maximum Gasteiger partial charge on any atom is 0.0678 e. The molecule has 0 aromatic heterocycles. The van der Waals surface area contributed by atoms with E-state index in [1.54, 1.807) is 0 Å².